The average molecular weight is 994 g/mol. The smallest absolute Gasteiger partial charge is 0.306 e. The molecule has 0 aromatic heterocycles. The lowest BCUT2D eigenvalue weighted by atomic mass is 10.0. The van der Waals surface area contributed by atoms with Gasteiger partial charge < -0.3 is 14.2 Å². The number of ether oxygens (including phenoxy) is 3. The highest BCUT2D eigenvalue weighted by molar-refractivity contribution is 5.71. The summed E-state index contributed by atoms with van der Waals surface area (Å²) in [6.07, 6.45) is 75.1. The van der Waals surface area contributed by atoms with E-state index in [1.54, 1.807) is 0 Å². The first-order chi connectivity index (χ1) is 35.0. The standard InChI is InChI=1S/C65H116O6/c1-4-7-10-13-16-19-22-24-26-27-28-29-30-31-32-33-34-35-36-37-39-40-43-46-49-52-55-58-64(67)70-61-62(60-69-63(66)57-54-51-48-45-42-21-18-15-12-9-6-3)71-65(68)59-56-53-50-47-44-41-38-25-23-20-17-14-11-8-5-2/h7,10,16,19,24,26,28-29,31-32,62H,4-6,8-9,11-15,17-18,20-23,25,27,30,33-61H2,1-3H3/b10-7-,19-16-,26-24-,29-28-,32-31-. The molecule has 0 spiro atoms. The minimum atomic E-state index is -0.770. The molecule has 0 N–H and O–H groups in total. The van der Waals surface area contributed by atoms with Gasteiger partial charge in [0.1, 0.15) is 13.2 Å². The number of unbranched alkanes of at least 4 members (excludes halogenated alkanes) is 35. The molecule has 0 bridgehead atoms. The van der Waals surface area contributed by atoms with Crippen molar-refractivity contribution in [3.05, 3.63) is 60.8 Å². The van der Waals surface area contributed by atoms with Crippen LogP contribution < -0.4 is 0 Å². The van der Waals surface area contributed by atoms with E-state index in [4.69, 9.17) is 14.2 Å². The molecule has 0 aliphatic rings. The predicted octanol–water partition coefficient (Wildman–Crippen LogP) is 20.8. The van der Waals surface area contributed by atoms with Crippen molar-refractivity contribution >= 4 is 17.9 Å². The second-order valence-corrected chi connectivity index (χ2v) is 20.6. The Morgan fingerprint density at radius 1 is 0.296 bits per heavy atom. The van der Waals surface area contributed by atoms with E-state index in [-0.39, 0.29) is 31.1 Å². The molecule has 0 fully saturated rings. The molecule has 0 radical (unpaired) electrons. The summed E-state index contributed by atoms with van der Waals surface area (Å²) in [7, 11) is 0. The number of hydrogen-bond donors (Lipinski definition) is 0. The molecule has 0 rings (SSSR count). The van der Waals surface area contributed by atoms with Gasteiger partial charge in [0.25, 0.3) is 0 Å². The van der Waals surface area contributed by atoms with Gasteiger partial charge in [-0.15, -0.1) is 0 Å². The van der Waals surface area contributed by atoms with Gasteiger partial charge in [0, 0.05) is 19.3 Å². The fourth-order valence-corrected chi connectivity index (χ4v) is 8.94. The second-order valence-electron chi connectivity index (χ2n) is 20.6. The lowest BCUT2D eigenvalue weighted by Gasteiger charge is -2.18. The van der Waals surface area contributed by atoms with Crippen LogP contribution in [0.4, 0.5) is 0 Å². The van der Waals surface area contributed by atoms with E-state index in [0.29, 0.717) is 19.3 Å². The van der Waals surface area contributed by atoms with E-state index in [9.17, 15) is 14.4 Å². The van der Waals surface area contributed by atoms with Crippen LogP contribution in [0.15, 0.2) is 60.8 Å². The van der Waals surface area contributed by atoms with Gasteiger partial charge >= 0.3 is 17.9 Å². The third kappa shape index (κ3) is 57.9. The van der Waals surface area contributed by atoms with Gasteiger partial charge in [0.2, 0.25) is 0 Å². The summed E-state index contributed by atoms with van der Waals surface area (Å²) >= 11 is 0. The Balaban J connectivity index is 4.21. The lowest BCUT2D eigenvalue weighted by Crippen LogP contribution is -2.30. The van der Waals surface area contributed by atoms with Crippen LogP contribution in [0.5, 0.6) is 0 Å². The van der Waals surface area contributed by atoms with Gasteiger partial charge in [-0.25, -0.2) is 0 Å². The van der Waals surface area contributed by atoms with Crippen LogP contribution in [0.3, 0.4) is 0 Å². The highest BCUT2D eigenvalue weighted by Crippen LogP contribution is 2.17. The summed E-state index contributed by atoms with van der Waals surface area (Å²) in [6, 6.07) is 0. The minimum absolute atomic E-state index is 0.0696. The third-order valence-electron chi connectivity index (χ3n) is 13.5. The SMILES string of the molecule is CC/C=C\C/C=C\C/C=C\C/C=C\C/C=C\CCCCCCCCCCCCCC(=O)OCC(COC(=O)CCCCCCCCCCCCC)OC(=O)CCCCCCCCCCCCCCCCC. The van der Waals surface area contributed by atoms with Crippen LogP contribution in [0.1, 0.15) is 316 Å². The van der Waals surface area contributed by atoms with Gasteiger partial charge in [-0.3, -0.25) is 14.4 Å². The Labute approximate surface area is 440 Å². The second kappa shape index (κ2) is 59.7. The molecule has 0 aliphatic heterocycles. The molecule has 0 aromatic rings. The fourth-order valence-electron chi connectivity index (χ4n) is 8.94. The zero-order valence-electron chi connectivity index (χ0n) is 47.2. The maximum atomic E-state index is 12.9. The predicted molar refractivity (Wildman–Crippen MR) is 307 cm³/mol. The molecule has 0 saturated heterocycles. The van der Waals surface area contributed by atoms with Crippen molar-refractivity contribution in [1.29, 1.82) is 0 Å². The van der Waals surface area contributed by atoms with Crippen molar-refractivity contribution < 1.29 is 28.6 Å². The minimum Gasteiger partial charge on any atom is -0.462 e. The molecule has 0 heterocycles. The van der Waals surface area contributed by atoms with Crippen LogP contribution in [-0.2, 0) is 28.6 Å². The van der Waals surface area contributed by atoms with Crippen molar-refractivity contribution in [1.82, 2.24) is 0 Å². The Bertz CT molecular complexity index is 1280. The molecule has 0 saturated carbocycles. The highest BCUT2D eigenvalue weighted by atomic mass is 16.6. The number of hydrogen-bond acceptors (Lipinski definition) is 6. The van der Waals surface area contributed by atoms with Gasteiger partial charge in [-0.1, -0.05) is 293 Å². The quantitative estimate of drug-likeness (QED) is 0.0261. The highest BCUT2D eigenvalue weighted by Gasteiger charge is 2.19. The molecular formula is C65H116O6. The van der Waals surface area contributed by atoms with Gasteiger partial charge in [0.05, 0.1) is 0 Å². The molecule has 412 valence electrons. The molecule has 6 heteroatoms. The van der Waals surface area contributed by atoms with E-state index >= 15 is 0 Å². The number of esters is 3. The average Bonchev–Trinajstić information content (AvgIpc) is 3.37. The monoisotopic (exact) mass is 993 g/mol. The van der Waals surface area contributed by atoms with E-state index in [1.165, 1.54) is 186 Å². The van der Waals surface area contributed by atoms with Crippen molar-refractivity contribution in [3.8, 4) is 0 Å². The summed E-state index contributed by atoms with van der Waals surface area (Å²) in [5, 5.41) is 0. The maximum Gasteiger partial charge on any atom is 0.306 e. The molecule has 0 aliphatic carbocycles. The first-order valence-corrected chi connectivity index (χ1v) is 30.8. The van der Waals surface area contributed by atoms with Crippen molar-refractivity contribution in [3.63, 3.8) is 0 Å². The van der Waals surface area contributed by atoms with E-state index in [0.717, 1.165) is 89.9 Å². The van der Waals surface area contributed by atoms with Crippen molar-refractivity contribution in [2.75, 3.05) is 13.2 Å². The van der Waals surface area contributed by atoms with Gasteiger partial charge in [-0.2, -0.15) is 0 Å². The topological polar surface area (TPSA) is 78.9 Å². The summed E-state index contributed by atoms with van der Waals surface area (Å²) in [6.45, 7) is 6.56. The zero-order valence-corrected chi connectivity index (χ0v) is 47.2. The van der Waals surface area contributed by atoms with Crippen LogP contribution in [0, 0.1) is 0 Å². The van der Waals surface area contributed by atoms with Crippen LogP contribution >= 0.6 is 0 Å². The molecular weight excluding hydrogens is 877 g/mol. The molecule has 6 nitrogen and oxygen atoms in total. The Morgan fingerprint density at radius 3 is 0.859 bits per heavy atom. The van der Waals surface area contributed by atoms with Crippen molar-refractivity contribution in [2.24, 2.45) is 0 Å². The lowest BCUT2D eigenvalue weighted by molar-refractivity contribution is -0.167. The molecule has 0 aromatic carbocycles. The summed E-state index contributed by atoms with van der Waals surface area (Å²) in [5.41, 5.74) is 0. The summed E-state index contributed by atoms with van der Waals surface area (Å²) < 4.78 is 16.9. The normalized spacial score (nSPS) is 12.4. The van der Waals surface area contributed by atoms with Crippen LogP contribution in [-0.4, -0.2) is 37.2 Å². The van der Waals surface area contributed by atoms with Gasteiger partial charge in [0.15, 0.2) is 6.10 Å². The van der Waals surface area contributed by atoms with E-state index in [1.807, 2.05) is 0 Å². The fraction of sp³-hybridized carbons (Fsp3) is 0.800. The first kappa shape index (κ1) is 68.1. The largest absolute Gasteiger partial charge is 0.462 e. The molecule has 0 amide bonds. The summed E-state index contributed by atoms with van der Waals surface area (Å²) in [4.78, 5) is 38.2. The Morgan fingerprint density at radius 2 is 0.549 bits per heavy atom. The maximum absolute atomic E-state index is 12.9. The van der Waals surface area contributed by atoms with Crippen LogP contribution in [0.25, 0.3) is 0 Å². The van der Waals surface area contributed by atoms with E-state index < -0.39 is 6.10 Å². The number of rotatable bonds is 56. The first-order valence-electron chi connectivity index (χ1n) is 30.8. The zero-order chi connectivity index (χ0) is 51.4. The van der Waals surface area contributed by atoms with E-state index in [2.05, 4.69) is 81.5 Å². The molecule has 1 unspecified atom stereocenters. The molecule has 1 atom stereocenters. The number of carbonyl (C=O) groups excluding carboxylic acids is 3. The summed E-state index contributed by atoms with van der Waals surface area (Å²) in [5.74, 6) is -0.856. The number of carbonyl (C=O) groups is 3. The third-order valence-corrected chi connectivity index (χ3v) is 13.5. The van der Waals surface area contributed by atoms with Crippen LogP contribution in [0.2, 0.25) is 0 Å². The molecule has 71 heavy (non-hydrogen) atoms. The Kier molecular flexibility index (Phi) is 57.2. The van der Waals surface area contributed by atoms with Gasteiger partial charge in [-0.05, 0) is 64.2 Å². The number of allylic oxidation sites excluding steroid dienone is 10. The van der Waals surface area contributed by atoms with Crippen molar-refractivity contribution in [2.45, 2.75) is 322 Å². The Hall–Kier alpha value is -2.89.